The van der Waals surface area contributed by atoms with E-state index in [1.807, 2.05) is 25.8 Å². The van der Waals surface area contributed by atoms with Crippen LogP contribution in [0.4, 0.5) is 21.8 Å². The fraction of sp³-hybridized carbons (Fsp3) is 0.450. The second-order valence-corrected chi connectivity index (χ2v) is 7.82. The molecule has 4 rings (SSSR count). The van der Waals surface area contributed by atoms with Crippen molar-refractivity contribution >= 4 is 23.4 Å². The van der Waals surface area contributed by atoms with Gasteiger partial charge in [-0.2, -0.15) is 4.98 Å². The van der Waals surface area contributed by atoms with Crippen molar-refractivity contribution in [2.45, 2.75) is 44.5 Å². The van der Waals surface area contributed by atoms with E-state index in [-0.39, 0.29) is 23.7 Å². The number of fused-ring (bicyclic) bond motifs is 1. The van der Waals surface area contributed by atoms with Gasteiger partial charge in [0.1, 0.15) is 17.5 Å². The van der Waals surface area contributed by atoms with Crippen LogP contribution < -0.4 is 30.7 Å². The van der Waals surface area contributed by atoms with E-state index in [1.54, 1.807) is 0 Å². The Balaban J connectivity index is 1.43. The van der Waals surface area contributed by atoms with Crippen molar-refractivity contribution < 1.29 is 18.7 Å². The van der Waals surface area contributed by atoms with E-state index in [0.29, 0.717) is 41.7 Å². The van der Waals surface area contributed by atoms with Crippen LogP contribution in [0.25, 0.3) is 0 Å². The molecule has 160 valence electrons. The highest BCUT2D eigenvalue weighted by Gasteiger charge is 2.44. The van der Waals surface area contributed by atoms with Crippen LogP contribution in [0.2, 0.25) is 0 Å². The number of nitrogens with zero attached hydrogens (tertiary/aromatic N) is 3. The first-order valence-corrected chi connectivity index (χ1v) is 9.69. The molecule has 0 saturated heterocycles. The molecule has 0 bridgehead atoms. The first kappa shape index (κ1) is 20.1. The number of amides is 1. The summed E-state index contributed by atoms with van der Waals surface area (Å²) >= 11 is 0. The Kier molecular flexibility index (Phi) is 4.89. The largest absolute Gasteiger partial charge is 0.494 e. The highest BCUT2D eigenvalue weighted by Crippen LogP contribution is 2.37. The van der Waals surface area contributed by atoms with Gasteiger partial charge in [0.2, 0.25) is 11.9 Å². The van der Waals surface area contributed by atoms with Gasteiger partial charge >= 0.3 is 0 Å². The molecule has 1 amide bonds. The number of anilines is 3. The number of aromatic nitrogens is 2. The smallest absolute Gasteiger partial charge is 0.246 e. The number of likely N-dealkylation sites (N-methyl/N-ethyl adjacent to an activating group) is 1. The Hall–Kier alpha value is -3.14. The van der Waals surface area contributed by atoms with Crippen molar-refractivity contribution in [1.82, 2.24) is 9.97 Å². The summed E-state index contributed by atoms with van der Waals surface area (Å²) in [7, 11) is 3.23. The minimum Gasteiger partial charge on any atom is -0.494 e. The van der Waals surface area contributed by atoms with E-state index in [1.165, 1.54) is 25.3 Å². The third-order valence-electron chi connectivity index (χ3n) is 5.57. The lowest BCUT2D eigenvalue weighted by Gasteiger charge is -2.44. The van der Waals surface area contributed by atoms with E-state index in [2.05, 4.69) is 20.6 Å². The predicted octanol–water partition coefficient (Wildman–Crippen LogP) is 2.02. The summed E-state index contributed by atoms with van der Waals surface area (Å²) in [5, 5.41) is 6.14. The molecule has 1 aliphatic carbocycles. The molecule has 1 aromatic heterocycles. The van der Waals surface area contributed by atoms with Gasteiger partial charge in [0.05, 0.1) is 12.8 Å². The molecule has 0 radical (unpaired) electrons. The molecule has 30 heavy (non-hydrogen) atoms. The SMILES string of the molecule is COc1cc(O[C@]2(N)C[C@@H](Nc3nc(C)c4c(n3)N(C)[C@@H](C)C(=O)N4)C2)ccc1F. The van der Waals surface area contributed by atoms with Gasteiger partial charge in [-0.1, -0.05) is 0 Å². The van der Waals surface area contributed by atoms with Crippen LogP contribution in [0.3, 0.4) is 0 Å². The number of methoxy groups -OCH3 is 1. The second-order valence-electron chi connectivity index (χ2n) is 7.82. The quantitative estimate of drug-likeness (QED) is 0.634. The molecule has 1 aliphatic heterocycles. The summed E-state index contributed by atoms with van der Waals surface area (Å²) in [6.45, 7) is 3.65. The third kappa shape index (κ3) is 3.58. The average Bonchev–Trinajstić information content (AvgIpc) is 2.67. The molecule has 1 aromatic carbocycles. The number of nitrogens with two attached hydrogens (primary N) is 1. The van der Waals surface area contributed by atoms with Gasteiger partial charge in [-0.15, -0.1) is 0 Å². The highest BCUT2D eigenvalue weighted by atomic mass is 19.1. The number of nitrogens with one attached hydrogen (secondary N) is 2. The van der Waals surface area contributed by atoms with E-state index in [0.717, 1.165) is 0 Å². The second kappa shape index (κ2) is 7.28. The minimum absolute atomic E-state index is 0.0238. The van der Waals surface area contributed by atoms with Crippen molar-refractivity contribution in [1.29, 1.82) is 0 Å². The first-order valence-electron chi connectivity index (χ1n) is 9.69. The van der Waals surface area contributed by atoms with Crippen LogP contribution in [-0.4, -0.2) is 47.8 Å². The van der Waals surface area contributed by atoms with Crippen molar-refractivity contribution in [3.63, 3.8) is 0 Å². The van der Waals surface area contributed by atoms with Crippen molar-refractivity contribution in [3.8, 4) is 11.5 Å². The first-order chi connectivity index (χ1) is 14.2. The summed E-state index contributed by atoms with van der Waals surface area (Å²) < 4.78 is 24.4. The lowest BCUT2D eigenvalue weighted by atomic mass is 9.83. The van der Waals surface area contributed by atoms with Gasteiger partial charge in [0, 0.05) is 32.0 Å². The van der Waals surface area contributed by atoms with E-state index >= 15 is 0 Å². The number of hydrogen-bond donors (Lipinski definition) is 3. The Morgan fingerprint density at radius 1 is 1.37 bits per heavy atom. The Morgan fingerprint density at radius 3 is 2.80 bits per heavy atom. The summed E-state index contributed by atoms with van der Waals surface area (Å²) in [6.07, 6.45) is 1.05. The topological polar surface area (TPSA) is 115 Å². The molecule has 2 aliphatic rings. The summed E-state index contributed by atoms with van der Waals surface area (Å²) in [5.74, 6) is 1.15. The van der Waals surface area contributed by atoms with Gasteiger partial charge in [-0.25, -0.2) is 9.37 Å². The van der Waals surface area contributed by atoms with Gasteiger partial charge in [-0.3, -0.25) is 10.5 Å². The lowest BCUT2D eigenvalue weighted by Crippen LogP contribution is -2.61. The maximum atomic E-state index is 13.6. The van der Waals surface area contributed by atoms with Gasteiger partial charge < -0.3 is 25.0 Å². The fourth-order valence-electron chi connectivity index (χ4n) is 3.69. The zero-order chi connectivity index (χ0) is 21.6. The number of benzene rings is 1. The van der Waals surface area contributed by atoms with Crippen LogP contribution in [0.5, 0.6) is 11.5 Å². The molecular formula is C20H25FN6O3. The number of carbonyl (C=O) groups excluding carboxylic acids is 1. The molecular weight excluding hydrogens is 391 g/mol. The van der Waals surface area contributed by atoms with Crippen LogP contribution >= 0.6 is 0 Å². The number of rotatable bonds is 5. The molecule has 2 heterocycles. The fourth-order valence-corrected chi connectivity index (χ4v) is 3.69. The Bertz CT molecular complexity index is 995. The normalized spacial score (nSPS) is 25.1. The number of carbonyl (C=O) groups is 1. The number of halogens is 1. The highest BCUT2D eigenvalue weighted by molar-refractivity contribution is 6.03. The van der Waals surface area contributed by atoms with E-state index < -0.39 is 11.5 Å². The molecule has 4 N–H and O–H groups in total. The molecule has 1 atom stereocenters. The molecule has 1 fully saturated rings. The number of ether oxygens (including phenoxy) is 2. The maximum Gasteiger partial charge on any atom is 0.246 e. The van der Waals surface area contributed by atoms with Crippen LogP contribution in [0.15, 0.2) is 18.2 Å². The van der Waals surface area contributed by atoms with E-state index in [4.69, 9.17) is 15.2 Å². The Morgan fingerprint density at radius 2 is 2.10 bits per heavy atom. The van der Waals surface area contributed by atoms with Crippen LogP contribution in [-0.2, 0) is 4.79 Å². The predicted molar refractivity (Wildman–Crippen MR) is 110 cm³/mol. The molecule has 9 nitrogen and oxygen atoms in total. The average molecular weight is 416 g/mol. The van der Waals surface area contributed by atoms with Gasteiger partial charge in [0.15, 0.2) is 23.1 Å². The molecule has 1 saturated carbocycles. The molecule has 0 unspecified atom stereocenters. The van der Waals surface area contributed by atoms with Crippen molar-refractivity contribution in [2.24, 2.45) is 5.73 Å². The summed E-state index contributed by atoms with van der Waals surface area (Å²) in [6, 6.07) is 3.99. The number of aryl methyl sites for hydroxylation is 1. The van der Waals surface area contributed by atoms with Crippen LogP contribution in [0.1, 0.15) is 25.5 Å². The maximum absolute atomic E-state index is 13.6. The Labute approximate surface area is 173 Å². The zero-order valence-electron chi connectivity index (χ0n) is 17.3. The minimum atomic E-state index is -0.872. The van der Waals surface area contributed by atoms with Crippen molar-refractivity contribution in [3.05, 3.63) is 29.7 Å². The summed E-state index contributed by atoms with van der Waals surface area (Å²) in [5.41, 5.74) is 6.75. The van der Waals surface area contributed by atoms with E-state index in [9.17, 15) is 9.18 Å². The molecule has 0 spiro atoms. The van der Waals surface area contributed by atoms with Crippen molar-refractivity contribution in [2.75, 3.05) is 29.7 Å². The summed E-state index contributed by atoms with van der Waals surface area (Å²) in [4.78, 5) is 22.9. The molecule has 2 aromatic rings. The number of hydrogen-bond acceptors (Lipinski definition) is 8. The van der Waals surface area contributed by atoms with Crippen LogP contribution in [0, 0.1) is 12.7 Å². The zero-order valence-corrected chi connectivity index (χ0v) is 17.3. The monoisotopic (exact) mass is 416 g/mol. The third-order valence-corrected chi connectivity index (χ3v) is 5.57. The van der Waals surface area contributed by atoms with Gasteiger partial charge in [0.25, 0.3) is 0 Å². The van der Waals surface area contributed by atoms with Gasteiger partial charge in [-0.05, 0) is 26.0 Å². The molecule has 10 heteroatoms. The standard InChI is InChI=1S/C20H25FN6O3/c1-10-16-17(27(3)11(2)18(28)25-16)26-19(23-10)24-12-8-20(22,9-12)30-13-5-6-14(21)15(7-13)29-4/h5-7,11-12H,8-9,22H2,1-4H3,(H,25,28)(H,23,24,26)/t11-,12-,20-/m0/s1. The lowest BCUT2D eigenvalue weighted by molar-refractivity contribution is -0.117.